The maximum atomic E-state index is 11.9. The molecule has 122 valence electrons. The van der Waals surface area contributed by atoms with Crippen molar-refractivity contribution in [2.24, 2.45) is 0 Å². The number of hydrogen-bond donors (Lipinski definition) is 2. The Morgan fingerprint density at radius 1 is 1.27 bits per heavy atom. The molecular formula is C14H19N2O5S-. The minimum absolute atomic E-state index is 0.294. The second kappa shape index (κ2) is 9.04. The van der Waals surface area contributed by atoms with Crippen LogP contribution in [0.3, 0.4) is 0 Å². The highest BCUT2D eigenvalue weighted by atomic mass is 32.2. The van der Waals surface area contributed by atoms with E-state index in [0.717, 1.165) is 0 Å². The molecule has 0 fully saturated rings. The number of ether oxygens (including phenoxy) is 2. The molecule has 0 aromatic heterocycles. The number of anilines is 1. The van der Waals surface area contributed by atoms with Crippen LogP contribution in [0, 0.1) is 0 Å². The molecule has 1 atom stereocenters. The van der Waals surface area contributed by atoms with Gasteiger partial charge >= 0.3 is 6.03 Å². The van der Waals surface area contributed by atoms with Gasteiger partial charge < -0.3 is 30.0 Å². The number of carbonyl (C=O) groups is 2. The maximum Gasteiger partial charge on any atom is 0.319 e. The van der Waals surface area contributed by atoms with Gasteiger partial charge in [-0.1, -0.05) is 0 Å². The van der Waals surface area contributed by atoms with Gasteiger partial charge in [0.1, 0.15) is 0 Å². The molecule has 7 nitrogen and oxygen atoms in total. The van der Waals surface area contributed by atoms with Crippen molar-refractivity contribution in [2.75, 3.05) is 31.5 Å². The highest BCUT2D eigenvalue weighted by molar-refractivity contribution is 7.98. The summed E-state index contributed by atoms with van der Waals surface area (Å²) in [6.07, 6.45) is 2.15. The van der Waals surface area contributed by atoms with Gasteiger partial charge in [-0.3, -0.25) is 0 Å². The van der Waals surface area contributed by atoms with Gasteiger partial charge in [0.25, 0.3) is 0 Å². The van der Waals surface area contributed by atoms with Gasteiger partial charge in [0.2, 0.25) is 0 Å². The third kappa shape index (κ3) is 5.36. The normalized spacial score (nSPS) is 11.4. The maximum absolute atomic E-state index is 11.9. The first-order chi connectivity index (χ1) is 10.5. The average molecular weight is 327 g/mol. The van der Waals surface area contributed by atoms with Crippen LogP contribution >= 0.6 is 11.8 Å². The number of carboxylic acid groups (broad SMARTS) is 1. The summed E-state index contributed by atoms with van der Waals surface area (Å²) in [6.45, 7) is 0. The van der Waals surface area contributed by atoms with Crippen molar-refractivity contribution in [3.63, 3.8) is 0 Å². The number of benzene rings is 1. The Bertz CT molecular complexity index is 524. The lowest BCUT2D eigenvalue weighted by molar-refractivity contribution is -0.308. The zero-order chi connectivity index (χ0) is 16.5. The first-order valence-corrected chi connectivity index (χ1v) is 7.90. The van der Waals surface area contributed by atoms with E-state index in [4.69, 9.17) is 9.47 Å². The second-order valence-corrected chi connectivity index (χ2v) is 5.31. The van der Waals surface area contributed by atoms with Crippen LogP contribution in [0.25, 0.3) is 0 Å². The van der Waals surface area contributed by atoms with Gasteiger partial charge in [0, 0.05) is 11.8 Å². The monoisotopic (exact) mass is 327 g/mol. The highest BCUT2D eigenvalue weighted by Crippen LogP contribution is 2.29. The van der Waals surface area contributed by atoms with Crippen molar-refractivity contribution in [2.45, 2.75) is 12.5 Å². The lowest BCUT2D eigenvalue weighted by atomic mass is 10.2. The van der Waals surface area contributed by atoms with Crippen molar-refractivity contribution in [3.05, 3.63) is 18.2 Å². The molecule has 1 aromatic rings. The molecule has 2 amide bonds. The summed E-state index contributed by atoms with van der Waals surface area (Å²) in [7, 11) is 2.99. The van der Waals surface area contributed by atoms with Gasteiger partial charge in [-0.25, -0.2) is 4.79 Å². The number of carboxylic acids is 1. The van der Waals surface area contributed by atoms with Crippen LogP contribution in [-0.2, 0) is 4.79 Å². The van der Waals surface area contributed by atoms with E-state index < -0.39 is 18.0 Å². The Kier molecular flexibility index (Phi) is 7.38. The summed E-state index contributed by atoms with van der Waals surface area (Å²) in [5.74, 6) is 0.284. The van der Waals surface area contributed by atoms with E-state index >= 15 is 0 Å². The smallest absolute Gasteiger partial charge is 0.319 e. The van der Waals surface area contributed by atoms with Crippen LogP contribution in [0.1, 0.15) is 6.42 Å². The third-order valence-electron chi connectivity index (χ3n) is 2.84. The SMILES string of the molecule is COc1ccc(NC(=O)N[C@@H](CCSC)C(=O)[O-])cc1OC. The molecule has 0 bridgehead atoms. The number of thioether (sulfide) groups is 1. The van der Waals surface area contributed by atoms with E-state index in [1.807, 2.05) is 6.26 Å². The molecule has 2 N–H and O–H groups in total. The number of nitrogens with one attached hydrogen (secondary N) is 2. The van der Waals surface area contributed by atoms with Crippen molar-refractivity contribution < 1.29 is 24.2 Å². The van der Waals surface area contributed by atoms with E-state index in [0.29, 0.717) is 29.4 Å². The Morgan fingerprint density at radius 2 is 1.95 bits per heavy atom. The van der Waals surface area contributed by atoms with Crippen LogP contribution in [0.5, 0.6) is 11.5 Å². The van der Waals surface area contributed by atoms with E-state index in [2.05, 4.69) is 10.6 Å². The van der Waals surface area contributed by atoms with Crippen molar-refractivity contribution >= 4 is 29.4 Å². The minimum atomic E-state index is -1.31. The lowest BCUT2D eigenvalue weighted by Gasteiger charge is -2.19. The van der Waals surface area contributed by atoms with Crippen LogP contribution in [0.2, 0.25) is 0 Å². The zero-order valence-corrected chi connectivity index (χ0v) is 13.5. The minimum Gasteiger partial charge on any atom is -0.548 e. The number of methoxy groups -OCH3 is 2. The average Bonchev–Trinajstić information content (AvgIpc) is 2.50. The van der Waals surface area contributed by atoms with Crippen LogP contribution in [-0.4, -0.2) is 44.3 Å². The third-order valence-corrected chi connectivity index (χ3v) is 3.49. The van der Waals surface area contributed by atoms with Gasteiger partial charge in [0.05, 0.1) is 26.2 Å². The molecule has 0 radical (unpaired) electrons. The molecule has 8 heteroatoms. The molecule has 1 rings (SSSR count). The summed E-state index contributed by atoms with van der Waals surface area (Å²) in [5, 5.41) is 15.9. The molecular weight excluding hydrogens is 308 g/mol. The second-order valence-electron chi connectivity index (χ2n) is 4.32. The van der Waals surface area contributed by atoms with Crippen molar-refractivity contribution in [1.82, 2.24) is 5.32 Å². The van der Waals surface area contributed by atoms with E-state index in [1.165, 1.54) is 26.0 Å². The van der Waals surface area contributed by atoms with Crippen LogP contribution < -0.4 is 25.2 Å². The highest BCUT2D eigenvalue weighted by Gasteiger charge is 2.14. The summed E-state index contributed by atoms with van der Waals surface area (Å²) < 4.78 is 10.2. The Labute approximate surface area is 133 Å². The predicted molar refractivity (Wildman–Crippen MR) is 83.5 cm³/mol. The number of amides is 2. The van der Waals surface area contributed by atoms with Gasteiger partial charge in [-0.2, -0.15) is 11.8 Å². The Morgan fingerprint density at radius 3 is 2.50 bits per heavy atom. The number of rotatable bonds is 8. The molecule has 0 spiro atoms. The standard InChI is InChI=1S/C14H20N2O5S/c1-20-11-5-4-9(8-12(11)21-2)15-14(19)16-10(13(17)18)6-7-22-3/h4-5,8,10H,6-7H2,1-3H3,(H,17,18)(H2,15,16,19)/p-1/t10-/m0/s1. The summed E-state index contributed by atoms with van der Waals surface area (Å²) in [5.41, 5.74) is 0.456. The molecule has 22 heavy (non-hydrogen) atoms. The first kappa shape index (κ1) is 18.0. The fraction of sp³-hybridized carbons (Fsp3) is 0.429. The fourth-order valence-corrected chi connectivity index (χ4v) is 2.20. The zero-order valence-electron chi connectivity index (χ0n) is 12.7. The van der Waals surface area contributed by atoms with E-state index in [9.17, 15) is 14.7 Å². The number of carbonyl (C=O) groups excluding carboxylic acids is 2. The molecule has 0 aliphatic rings. The van der Waals surface area contributed by atoms with Gasteiger partial charge in [-0.15, -0.1) is 0 Å². The number of urea groups is 1. The summed E-state index contributed by atoms with van der Waals surface area (Å²) >= 11 is 1.49. The van der Waals surface area contributed by atoms with Gasteiger partial charge in [0.15, 0.2) is 11.5 Å². The van der Waals surface area contributed by atoms with E-state index in [1.54, 1.807) is 18.2 Å². The molecule has 1 aromatic carbocycles. The fourth-order valence-electron chi connectivity index (χ4n) is 1.72. The van der Waals surface area contributed by atoms with Crippen molar-refractivity contribution in [1.29, 1.82) is 0 Å². The lowest BCUT2D eigenvalue weighted by Crippen LogP contribution is -2.49. The van der Waals surface area contributed by atoms with Crippen molar-refractivity contribution in [3.8, 4) is 11.5 Å². The molecule has 0 heterocycles. The topological polar surface area (TPSA) is 99.7 Å². The molecule has 0 aliphatic heterocycles. The summed E-state index contributed by atoms with van der Waals surface area (Å²) in [4.78, 5) is 22.8. The molecule has 0 saturated heterocycles. The summed E-state index contributed by atoms with van der Waals surface area (Å²) in [6, 6.07) is 3.18. The van der Waals surface area contributed by atoms with E-state index in [-0.39, 0.29) is 0 Å². The van der Waals surface area contributed by atoms with Crippen LogP contribution in [0.15, 0.2) is 18.2 Å². The molecule has 0 unspecified atom stereocenters. The first-order valence-electron chi connectivity index (χ1n) is 6.51. The number of aliphatic carboxylic acids is 1. The Hall–Kier alpha value is -2.09. The number of hydrogen-bond acceptors (Lipinski definition) is 6. The molecule has 0 saturated carbocycles. The van der Waals surface area contributed by atoms with Crippen LogP contribution in [0.4, 0.5) is 10.5 Å². The predicted octanol–water partition coefficient (Wildman–Crippen LogP) is 0.697. The van der Waals surface area contributed by atoms with Gasteiger partial charge in [-0.05, 0) is 30.6 Å². The largest absolute Gasteiger partial charge is 0.548 e. The molecule has 0 aliphatic carbocycles. The quantitative estimate of drug-likeness (QED) is 0.729. The Balaban J connectivity index is 2.69.